The van der Waals surface area contributed by atoms with Crippen LogP contribution in [0.25, 0.3) is 0 Å². The van der Waals surface area contributed by atoms with Crippen LogP contribution in [0.1, 0.15) is 104 Å². The van der Waals surface area contributed by atoms with E-state index in [-0.39, 0.29) is 0 Å². The molecule has 0 saturated heterocycles. The molecule has 0 atom stereocenters. The van der Waals surface area contributed by atoms with Crippen molar-refractivity contribution in [3.8, 4) is 0 Å². The van der Waals surface area contributed by atoms with Gasteiger partial charge in [-0.3, -0.25) is 0 Å². The first-order valence-electron chi connectivity index (χ1n) is 11.5. The monoisotopic (exact) mass is 363 g/mol. The summed E-state index contributed by atoms with van der Waals surface area (Å²) in [6, 6.07) is 0. The molecule has 0 unspecified atom stereocenters. The van der Waals surface area contributed by atoms with Crippen LogP contribution in [0.3, 0.4) is 0 Å². The molecule has 0 aliphatic carbocycles. The van der Waals surface area contributed by atoms with Gasteiger partial charge in [0.2, 0.25) is 0 Å². The fourth-order valence-electron chi connectivity index (χ4n) is 3.64. The zero-order valence-electron chi connectivity index (χ0n) is 17.8. The van der Waals surface area contributed by atoms with Gasteiger partial charge in [0.25, 0.3) is 0 Å². The molecule has 3 nitrogen and oxygen atoms in total. The molecule has 0 amide bonds. The van der Waals surface area contributed by atoms with Gasteiger partial charge in [-0.05, 0) is 38.9 Å². The molecule has 152 valence electrons. The Morgan fingerprint density at radius 2 is 1.15 bits per heavy atom. The van der Waals surface area contributed by atoms with Crippen LogP contribution in [0.15, 0.2) is 18.7 Å². The first kappa shape index (κ1) is 23.2. The van der Waals surface area contributed by atoms with Crippen LogP contribution in [0.4, 0.5) is 0 Å². The van der Waals surface area contributed by atoms with E-state index < -0.39 is 0 Å². The van der Waals surface area contributed by atoms with E-state index in [2.05, 4.69) is 34.5 Å². The van der Waals surface area contributed by atoms with E-state index in [1.54, 1.807) is 0 Å². The van der Waals surface area contributed by atoms with E-state index in [1.165, 1.54) is 110 Å². The van der Waals surface area contributed by atoms with Crippen molar-refractivity contribution < 1.29 is 0 Å². The van der Waals surface area contributed by atoms with Gasteiger partial charge >= 0.3 is 0 Å². The Morgan fingerprint density at radius 1 is 0.654 bits per heavy atom. The minimum absolute atomic E-state index is 1.10. The van der Waals surface area contributed by atoms with E-state index in [4.69, 9.17) is 0 Å². The predicted octanol–water partition coefficient (Wildman–Crippen LogP) is 6.69. The summed E-state index contributed by atoms with van der Waals surface area (Å²) in [7, 11) is 0. The molecule has 0 aliphatic rings. The topological polar surface area (TPSA) is 21.1 Å². The van der Waals surface area contributed by atoms with Gasteiger partial charge in [0.15, 0.2) is 0 Å². The Morgan fingerprint density at radius 3 is 1.65 bits per heavy atom. The highest BCUT2D eigenvalue weighted by Gasteiger charge is 2.05. The third-order valence-corrected chi connectivity index (χ3v) is 5.36. The minimum Gasteiger partial charge on any atom is -0.337 e. The largest absolute Gasteiger partial charge is 0.337 e. The number of hydrogen-bond acceptors (Lipinski definition) is 2. The molecule has 0 fully saturated rings. The molecule has 0 aromatic carbocycles. The van der Waals surface area contributed by atoms with Crippen LogP contribution in [0.2, 0.25) is 0 Å². The summed E-state index contributed by atoms with van der Waals surface area (Å²) < 4.78 is 2.21. The lowest BCUT2D eigenvalue weighted by atomic mass is 10.1. The van der Waals surface area contributed by atoms with Gasteiger partial charge in [0.05, 0.1) is 6.33 Å². The number of rotatable bonds is 19. The van der Waals surface area contributed by atoms with Crippen molar-refractivity contribution in [3.05, 3.63) is 18.7 Å². The minimum atomic E-state index is 1.10. The van der Waals surface area contributed by atoms with Crippen molar-refractivity contribution in [2.75, 3.05) is 19.6 Å². The highest BCUT2D eigenvalue weighted by atomic mass is 15.1. The molecule has 0 N–H and O–H groups in total. The van der Waals surface area contributed by atoms with Crippen molar-refractivity contribution in [3.63, 3.8) is 0 Å². The number of aryl methyl sites for hydroxylation is 1. The summed E-state index contributed by atoms with van der Waals surface area (Å²) in [6.07, 6.45) is 25.4. The molecule has 0 spiro atoms. The molecule has 1 rings (SSSR count). The number of unbranched alkanes of at least 4 members (excludes halogenated alkanes) is 11. The Kier molecular flexibility index (Phi) is 15.7. The van der Waals surface area contributed by atoms with Crippen molar-refractivity contribution in [1.82, 2.24) is 14.5 Å². The molecule has 0 radical (unpaired) electrons. The van der Waals surface area contributed by atoms with Gasteiger partial charge in [0.1, 0.15) is 0 Å². The number of hydrogen-bond donors (Lipinski definition) is 0. The Balaban J connectivity index is 2.14. The maximum atomic E-state index is 4.15. The fraction of sp³-hybridized carbons (Fsp3) is 0.870. The predicted molar refractivity (Wildman–Crippen MR) is 115 cm³/mol. The molecule has 1 aromatic heterocycles. The summed E-state index contributed by atoms with van der Waals surface area (Å²) in [5.41, 5.74) is 0. The number of nitrogens with zero attached hydrogens (tertiary/aromatic N) is 3. The first-order valence-corrected chi connectivity index (χ1v) is 11.5. The molecule has 3 heteroatoms. The van der Waals surface area contributed by atoms with Crippen molar-refractivity contribution in [1.29, 1.82) is 0 Å². The molecule has 26 heavy (non-hydrogen) atoms. The van der Waals surface area contributed by atoms with E-state index in [9.17, 15) is 0 Å². The second-order valence-electron chi connectivity index (χ2n) is 7.88. The smallest absolute Gasteiger partial charge is 0.0945 e. The fourth-order valence-corrected chi connectivity index (χ4v) is 3.64. The molecule has 1 aromatic rings. The molecular weight excluding hydrogens is 318 g/mol. The first-order chi connectivity index (χ1) is 12.9. The van der Waals surface area contributed by atoms with Crippen LogP contribution in [-0.2, 0) is 6.54 Å². The molecular formula is C23H45N3. The van der Waals surface area contributed by atoms with Crippen molar-refractivity contribution in [2.45, 2.75) is 110 Å². The van der Waals surface area contributed by atoms with Crippen LogP contribution in [-0.4, -0.2) is 34.1 Å². The van der Waals surface area contributed by atoms with E-state index in [0.717, 1.165) is 6.54 Å². The van der Waals surface area contributed by atoms with Crippen molar-refractivity contribution >= 4 is 0 Å². The third kappa shape index (κ3) is 13.4. The average Bonchev–Trinajstić information content (AvgIpc) is 3.16. The maximum absolute atomic E-state index is 4.15. The normalized spacial score (nSPS) is 11.5. The Bertz CT molecular complexity index is 375. The number of aromatic nitrogens is 2. The van der Waals surface area contributed by atoms with Crippen LogP contribution < -0.4 is 0 Å². The van der Waals surface area contributed by atoms with Gasteiger partial charge in [0, 0.05) is 18.9 Å². The quantitative estimate of drug-likeness (QED) is 0.255. The van der Waals surface area contributed by atoms with Gasteiger partial charge < -0.3 is 9.47 Å². The average molecular weight is 364 g/mol. The summed E-state index contributed by atoms with van der Waals surface area (Å²) >= 11 is 0. The Labute approximate surface area is 163 Å². The lowest BCUT2D eigenvalue weighted by molar-refractivity contribution is 0.252. The molecule has 0 bridgehead atoms. The van der Waals surface area contributed by atoms with Crippen molar-refractivity contribution in [2.24, 2.45) is 0 Å². The van der Waals surface area contributed by atoms with Crippen LogP contribution in [0.5, 0.6) is 0 Å². The standard InChI is InChI=1S/C23H45N3/c1-3-5-7-9-11-13-15-19-25(18-14-12-10-8-6-4-2)20-16-21-26-22-17-24-23-26/h17,22-23H,3-16,18-21H2,1-2H3. The summed E-state index contributed by atoms with van der Waals surface area (Å²) in [4.78, 5) is 6.87. The zero-order valence-corrected chi connectivity index (χ0v) is 17.8. The highest BCUT2D eigenvalue weighted by molar-refractivity contribution is 4.74. The SMILES string of the molecule is CCCCCCCCCN(CCCCCCCC)CCCn1ccnc1. The number of imidazole rings is 1. The Hall–Kier alpha value is -0.830. The maximum Gasteiger partial charge on any atom is 0.0945 e. The second-order valence-corrected chi connectivity index (χ2v) is 7.88. The molecule has 1 heterocycles. The van der Waals surface area contributed by atoms with Gasteiger partial charge in [-0.2, -0.15) is 0 Å². The lowest BCUT2D eigenvalue weighted by Gasteiger charge is -2.22. The highest BCUT2D eigenvalue weighted by Crippen LogP contribution is 2.10. The molecule has 0 aliphatic heterocycles. The van der Waals surface area contributed by atoms with Crippen LogP contribution in [0, 0.1) is 0 Å². The molecule has 0 saturated carbocycles. The summed E-state index contributed by atoms with van der Waals surface area (Å²) in [6.45, 7) is 9.53. The summed E-state index contributed by atoms with van der Waals surface area (Å²) in [5.74, 6) is 0. The van der Waals surface area contributed by atoms with Gasteiger partial charge in [-0.15, -0.1) is 0 Å². The zero-order chi connectivity index (χ0) is 18.7. The second kappa shape index (κ2) is 17.6. The lowest BCUT2D eigenvalue weighted by Crippen LogP contribution is -2.28. The van der Waals surface area contributed by atoms with E-state index in [1.807, 2.05) is 12.5 Å². The summed E-state index contributed by atoms with van der Waals surface area (Å²) in [5, 5.41) is 0. The van der Waals surface area contributed by atoms with Gasteiger partial charge in [-0.25, -0.2) is 4.98 Å². The van der Waals surface area contributed by atoms with E-state index in [0.29, 0.717) is 0 Å². The van der Waals surface area contributed by atoms with Crippen LogP contribution >= 0.6 is 0 Å². The van der Waals surface area contributed by atoms with E-state index >= 15 is 0 Å². The van der Waals surface area contributed by atoms with Gasteiger partial charge in [-0.1, -0.05) is 84.5 Å². The third-order valence-electron chi connectivity index (χ3n) is 5.36.